The summed E-state index contributed by atoms with van der Waals surface area (Å²) < 4.78 is 16.7. The summed E-state index contributed by atoms with van der Waals surface area (Å²) in [4.78, 5) is 36.9. The molecule has 1 aliphatic rings. The largest absolute Gasteiger partial charge is 0.494 e. The number of ether oxygens (including phenoxy) is 2. The number of methoxy groups -OCH3 is 1. The van der Waals surface area contributed by atoms with Gasteiger partial charge in [0.25, 0.3) is 5.89 Å². The van der Waals surface area contributed by atoms with Gasteiger partial charge in [-0.05, 0) is 51.0 Å². The third-order valence-corrected chi connectivity index (χ3v) is 5.44. The summed E-state index contributed by atoms with van der Waals surface area (Å²) in [6, 6.07) is 7.45. The summed E-state index contributed by atoms with van der Waals surface area (Å²) in [6.45, 7) is 7.41. The van der Waals surface area contributed by atoms with Crippen molar-refractivity contribution in [2.24, 2.45) is 0 Å². The van der Waals surface area contributed by atoms with E-state index >= 15 is 0 Å². The van der Waals surface area contributed by atoms with Crippen LogP contribution in [0.3, 0.4) is 0 Å². The molecule has 0 saturated carbocycles. The van der Waals surface area contributed by atoms with Crippen LogP contribution in [0.15, 0.2) is 41.1 Å². The van der Waals surface area contributed by atoms with E-state index < -0.39 is 11.7 Å². The molecule has 0 radical (unpaired) electrons. The van der Waals surface area contributed by atoms with E-state index in [1.807, 2.05) is 24.3 Å². The van der Waals surface area contributed by atoms with Gasteiger partial charge < -0.3 is 29.0 Å². The maximum absolute atomic E-state index is 12.6. The standard InChI is InChI=1S/C26H29N5O5/c1-26(2,3)36-25(33)28-17-22(32)31-14-12-30(13-15-31)19-8-9-20(34-4)23-24(19)35-21(29-23)10-7-18-6-5-11-27-16-18/h5-6,8-9,11,16H,12-15,17H2,1-4H3,(H,28,33). The Bertz CT molecular complexity index is 1300. The highest BCUT2D eigenvalue weighted by molar-refractivity contribution is 5.92. The number of hydrogen-bond acceptors (Lipinski definition) is 8. The van der Waals surface area contributed by atoms with Crippen LogP contribution in [-0.2, 0) is 9.53 Å². The summed E-state index contributed by atoms with van der Waals surface area (Å²) in [6.07, 6.45) is 2.75. The Morgan fingerprint density at radius 3 is 2.58 bits per heavy atom. The van der Waals surface area contributed by atoms with E-state index in [-0.39, 0.29) is 18.3 Å². The Kier molecular flexibility index (Phi) is 7.29. The van der Waals surface area contributed by atoms with Crippen LogP contribution in [0.5, 0.6) is 5.75 Å². The molecule has 36 heavy (non-hydrogen) atoms. The van der Waals surface area contributed by atoms with Crippen molar-refractivity contribution in [3.05, 3.63) is 48.1 Å². The second kappa shape index (κ2) is 10.6. The van der Waals surface area contributed by atoms with Crippen LogP contribution in [-0.4, -0.2) is 72.3 Å². The number of carbonyl (C=O) groups excluding carboxylic acids is 2. The van der Waals surface area contributed by atoms with Crippen molar-refractivity contribution in [3.8, 4) is 17.6 Å². The lowest BCUT2D eigenvalue weighted by atomic mass is 10.2. The molecule has 1 saturated heterocycles. The Morgan fingerprint density at radius 2 is 1.92 bits per heavy atom. The van der Waals surface area contributed by atoms with Gasteiger partial charge in [-0.2, -0.15) is 4.98 Å². The number of oxazole rings is 1. The van der Waals surface area contributed by atoms with Crippen molar-refractivity contribution in [3.63, 3.8) is 0 Å². The molecule has 10 nitrogen and oxygen atoms in total. The first-order valence-electron chi connectivity index (χ1n) is 11.6. The Hall–Kier alpha value is -4.26. The fraction of sp³-hybridized carbons (Fsp3) is 0.385. The molecule has 1 fully saturated rings. The van der Waals surface area contributed by atoms with E-state index in [1.165, 1.54) is 0 Å². The lowest BCUT2D eigenvalue weighted by Crippen LogP contribution is -2.51. The number of nitrogens with zero attached hydrogens (tertiary/aromatic N) is 4. The maximum Gasteiger partial charge on any atom is 0.408 e. The molecule has 4 rings (SSSR count). The van der Waals surface area contributed by atoms with Gasteiger partial charge in [0.15, 0.2) is 11.1 Å². The predicted octanol–water partition coefficient (Wildman–Crippen LogP) is 2.80. The van der Waals surface area contributed by atoms with Gasteiger partial charge in [0.1, 0.15) is 17.9 Å². The molecule has 0 bridgehead atoms. The first-order valence-corrected chi connectivity index (χ1v) is 11.6. The van der Waals surface area contributed by atoms with E-state index in [0.29, 0.717) is 43.0 Å². The normalized spacial score (nSPS) is 13.7. The average molecular weight is 492 g/mol. The minimum Gasteiger partial charge on any atom is -0.494 e. The van der Waals surface area contributed by atoms with Crippen LogP contribution in [0.4, 0.5) is 10.5 Å². The summed E-state index contributed by atoms with van der Waals surface area (Å²) in [5.74, 6) is 6.67. The fourth-order valence-electron chi connectivity index (χ4n) is 3.77. The van der Waals surface area contributed by atoms with Gasteiger partial charge in [-0.1, -0.05) is 5.92 Å². The molecule has 10 heteroatoms. The van der Waals surface area contributed by atoms with Crippen LogP contribution in [0.2, 0.25) is 0 Å². The van der Waals surface area contributed by atoms with E-state index in [0.717, 1.165) is 11.3 Å². The highest BCUT2D eigenvalue weighted by Crippen LogP contribution is 2.34. The maximum atomic E-state index is 12.6. The summed E-state index contributed by atoms with van der Waals surface area (Å²) in [5, 5.41) is 2.52. The predicted molar refractivity (Wildman–Crippen MR) is 134 cm³/mol. The number of anilines is 1. The minimum absolute atomic E-state index is 0.108. The number of hydrogen-bond donors (Lipinski definition) is 1. The average Bonchev–Trinajstić information content (AvgIpc) is 3.29. The number of pyridine rings is 1. The number of fused-ring (bicyclic) bond motifs is 1. The second-order valence-corrected chi connectivity index (χ2v) is 9.20. The van der Waals surface area contributed by atoms with Gasteiger partial charge in [-0.15, -0.1) is 0 Å². The van der Waals surface area contributed by atoms with Crippen molar-refractivity contribution in [2.75, 3.05) is 44.7 Å². The third kappa shape index (κ3) is 6.05. The van der Waals surface area contributed by atoms with Crippen molar-refractivity contribution < 1.29 is 23.5 Å². The second-order valence-electron chi connectivity index (χ2n) is 9.20. The van der Waals surface area contributed by atoms with Crippen molar-refractivity contribution in [1.29, 1.82) is 0 Å². The third-order valence-electron chi connectivity index (χ3n) is 5.44. The number of rotatable bonds is 4. The molecular weight excluding hydrogens is 462 g/mol. The lowest BCUT2D eigenvalue weighted by molar-refractivity contribution is -0.130. The van der Waals surface area contributed by atoms with Gasteiger partial charge >= 0.3 is 6.09 Å². The quantitative estimate of drug-likeness (QED) is 0.555. The highest BCUT2D eigenvalue weighted by atomic mass is 16.6. The number of amides is 2. The summed E-state index contributed by atoms with van der Waals surface area (Å²) >= 11 is 0. The van der Waals surface area contributed by atoms with Crippen LogP contribution >= 0.6 is 0 Å². The van der Waals surface area contributed by atoms with Crippen LogP contribution in [0.1, 0.15) is 32.2 Å². The van der Waals surface area contributed by atoms with Crippen molar-refractivity contribution >= 4 is 28.8 Å². The monoisotopic (exact) mass is 491 g/mol. The number of aromatic nitrogens is 2. The number of piperazine rings is 1. The van der Waals surface area contributed by atoms with Gasteiger partial charge in [0, 0.05) is 44.1 Å². The van der Waals surface area contributed by atoms with Crippen molar-refractivity contribution in [1.82, 2.24) is 20.2 Å². The van der Waals surface area contributed by atoms with E-state index in [2.05, 4.69) is 32.0 Å². The molecule has 3 heterocycles. The van der Waals surface area contributed by atoms with Crippen molar-refractivity contribution in [2.45, 2.75) is 26.4 Å². The van der Waals surface area contributed by atoms with Crippen LogP contribution < -0.4 is 15.0 Å². The molecule has 2 aromatic heterocycles. The first kappa shape index (κ1) is 24.9. The molecule has 1 aromatic carbocycles. The van der Waals surface area contributed by atoms with Gasteiger partial charge in [-0.3, -0.25) is 9.78 Å². The lowest BCUT2D eigenvalue weighted by Gasteiger charge is -2.36. The van der Waals surface area contributed by atoms with Gasteiger partial charge in [-0.25, -0.2) is 4.79 Å². The van der Waals surface area contributed by atoms with Gasteiger partial charge in [0.05, 0.1) is 12.8 Å². The molecule has 0 spiro atoms. The van der Waals surface area contributed by atoms with Crippen LogP contribution in [0.25, 0.3) is 11.1 Å². The minimum atomic E-state index is -0.618. The first-order chi connectivity index (χ1) is 17.2. The molecule has 3 aromatic rings. The topological polar surface area (TPSA) is 110 Å². The number of benzene rings is 1. The summed E-state index contributed by atoms with van der Waals surface area (Å²) in [5.41, 5.74) is 2.16. The Labute approximate surface area is 209 Å². The molecule has 1 N–H and O–H groups in total. The summed E-state index contributed by atoms with van der Waals surface area (Å²) in [7, 11) is 1.58. The fourth-order valence-corrected chi connectivity index (χ4v) is 3.77. The highest BCUT2D eigenvalue weighted by Gasteiger charge is 2.25. The SMILES string of the molecule is COc1ccc(N2CCN(C(=O)CNC(=O)OC(C)(C)C)CC2)c2oc(C#Cc3cccnc3)nc12. The molecular formula is C26H29N5O5. The molecule has 2 amide bonds. The zero-order valence-electron chi connectivity index (χ0n) is 20.8. The van der Waals surface area contributed by atoms with E-state index in [1.54, 1.807) is 45.2 Å². The van der Waals surface area contributed by atoms with E-state index in [4.69, 9.17) is 13.9 Å². The zero-order valence-corrected chi connectivity index (χ0v) is 20.8. The number of nitrogens with one attached hydrogen (secondary N) is 1. The van der Waals surface area contributed by atoms with E-state index in [9.17, 15) is 9.59 Å². The van der Waals surface area contributed by atoms with Crippen LogP contribution in [0, 0.1) is 11.8 Å². The Morgan fingerprint density at radius 1 is 1.14 bits per heavy atom. The van der Waals surface area contributed by atoms with Gasteiger partial charge in [0.2, 0.25) is 5.91 Å². The molecule has 188 valence electrons. The molecule has 0 atom stereocenters. The molecule has 1 aliphatic heterocycles. The number of carbonyl (C=O) groups is 2. The Balaban J connectivity index is 1.44. The zero-order chi connectivity index (χ0) is 25.7. The number of alkyl carbamates (subject to hydrolysis) is 1. The molecule has 0 aliphatic carbocycles. The smallest absolute Gasteiger partial charge is 0.408 e. The molecule has 0 unspecified atom stereocenters.